The molecule has 3 unspecified atom stereocenters. The third-order valence-electron chi connectivity index (χ3n) is 5.98. The molecule has 3 atom stereocenters. The number of rotatable bonds is 8. The molecule has 0 spiro atoms. The zero-order chi connectivity index (χ0) is 21.6. The zero-order valence-electron chi connectivity index (χ0n) is 17.8. The van der Waals surface area contributed by atoms with E-state index in [9.17, 15) is 0 Å². The van der Waals surface area contributed by atoms with Gasteiger partial charge in [0.2, 0.25) is 0 Å². The highest BCUT2D eigenvalue weighted by atomic mass is 35.5. The number of halogens is 1. The Morgan fingerprint density at radius 2 is 1.45 bits per heavy atom. The summed E-state index contributed by atoms with van der Waals surface area (Å²) in [5, 5.41) is 7.16. The number of nitrogens with one attached hydrogen (secondary N) is 1. The first-order valence-electron chi connectivity index (χ1n) is 10.9. The lowest BCUT2D eigenvalue weighted by atomic mass is 9.92. The van der Waals surface area contributed by atoms with Crippen molar-refractivity contribution in [1.29, 1.82) is 0 Å². The molecule has 0 amide bonds. The van der Waals surface area contributed by atoms with E-state index >= 15 is 0 Å². The second-order valence-electron chi connectivity index (χ2n) is 8.21. The summed E-state index contributed by atoms with van der Waals surface area (Å²) < 4.78 is 0. The van der Waals surface area contributed by atoms with E-state index in [1.54, 1.807) is 0 Å². The minimum absolute atomic E-state index is 0.0453. The molecular weight excluding hydrogens is 400 g/mol. The summed E-state index contributed by atoms with van der Waals surface area (Å²) in [6, 6.07) is 33.7. The van der Waals surface area contributed by atoms with Crippen LogP contribution >= 0.6 is 11.6 Å². The molecule has 4 aromatic carbocycles. The predicted molar refractivity (Wildman–Crippen MR) is 133 cm³/mol. The van der Waals surface area contributed by atoms with E-state index in [0.29, 0.717) is 0 Å². The molecule has 3 heteroatoms. The van der Waals surface area contributed by atoms with Crippen LogP contribution < -0.4 is 11.1 Å². The van der Waals surface area contributed by atoms with E-state index in [1.807, 2.05) is 24.3 Å². The van der Waals surface area contributed by atoms with E-state index in [1.165, 1.54) is 21.9 Å². The number of benzene rings is 4. The van der Waals surface area contributed by atoms with Crippen LogP contribution in [0.1, 0.15) is 29.7 Å². The standard InChI is InChI=1S/C28H29ClN2/c1-20(24-16-9-14-22-12-5-7-15-25(22)24)31-28(19-23-13-6-8-17-26(23)29)27(30)18-21-10-3-2-4-11-21/h2-17,20,27-28,31H,18-19,30H2,1H3. The first-order chi connectivity index (χ1) is 15.1. The fourth-order valence-corrected chi connectivity index (χ4v) is 4.52. The first kappa shape index (κ1) is 21.6. The van der Waals surface area contributed by atoms with Crippen molar-refractivity contribution in [2.75, 3.05) is 0 Å². The Labute approximate surface area is 190 Å². The van der Waals surface area contributed by atoms with Gasteiger partial charge in [-0.05, 0) is 53.3 Å². The Morgan fingerprint density at radius 3 is 2.26 bits per heavy atom. The molecule has 31 heavy (non-hydrogen) atoms. The van der Waals surface area contributed by atoms with Gasteiger partial charge in [-0.25, -0.2) is 0 Å². The Hall–Kier alpha value is -2.65. The summed E-state index contributed by atoms with van der Waals surface area (Å²) >= 11 is 6.50. The van der Waals surface area contributed by atoms with Gasteiger partial charge in [-0.3, -0.25) is 0 Å². The normalized spacial score (nSPS) is 14.3. The number of hydrogen-bond donors (Lipinski definition) is 2. The number of fused-ring (bicyclic) bond motifs is 1. The second kappa shape index (κ2) is 10.1. The first-order valence-corrected chi connectivity index (χ1v) is 11.3. The topological polar surface area (TPSA) is 38.0 Å². The van der Waals surface area contributed by atoms with Crippen LogP contribution in [-0.2, 0) is 12.8 Å². The van der Waals surface area contributed by atoms with E-state index in [0.717, 1.165) is 23.4 Å². The van der Waals surface area contributed by atoms with Crippen molar-refractivity contribution in [2.45, 2.75) is 37.9 Å². The molecule has 0 bridgehead atoms. The zero-order valence-corrected chi connectivity index (χ0v) is 18.6. The van der Waals surface area contributed by atoms with Gasteiger partial charge >= 0.3 is 0 Å². The molecule has 4 aromatic rings. The average molecular weight is 429 g/mol. The lowest BCUT2D eigenvalue weighted by molar-refractivity contribution is 0.386. The molecule has 0 fully saturated rings. The van der Waals surface area contributed by atoms with Crippen LogP contribution in [0.5, 0.6) is 0 Å². The van der Waals surface area contributed by atoms with E-state index in [2.05, 4.69) is 85.0 Å². The maximum absolute atomic E-state index is 6.78. The smallest absolute Gasteiger partial charge is 0.0438 e. The number of hydrogen-bond acceptors (Lipinski definition) is 2. The SMILES string of the molecule is CC(NC(Cc1ccccc1Cl)C(N)Cc1ccccc1)c1cccc2ccccc12. The summed E-state index contributed by atoms with van der Waals surface area (Å²) in [5.74, 6) is 0. The van der Waals surface area contributed by atoms with Gasteiger partial charge in [-0.15, -0.1) is 0 Å². The summed E-state index contributed by atoms with van der Waals surface area (Å²) in [6.07, 6.45) is 1.59. The van der Waals surface area contributed by atoms with Crippen molar-refractivity contribution < 1.29 is 0 Å². The van der Waals surface area contributed by atoms with Crippen molar-refractivity contribution in [3.63, 3.8) is 0 Å². The Morgan fingerprint density at radius 1 is 0.774 bits per heavy atom. The molecule has 0 saturated heterocycles. The summed E-state index contributed by atoms with van der Waals surface area (Å²) in [4.78, 5) is 0. The Kier molecular flexibility index (Phi) is 7.03. The highest BCUT2D eigenvalue weighted by Crippen LogP contribution is 2.26. The molecule has 0 aliphatic carbocycles. The minimum atomic E-state index is -0.0453. The molecule has 158 valence electrons. The molecule has 0 aliphatic rings. The van der Waals surface area contributed by atoms with Crippen LogP contribution in [0.3, 0.4) is 0 Å². The van der Waals surface area contributed by atoms with Gasteiger partial charge in [0.15, 0.2) is 0 Å². The summed E-state index contributed by atoms with van der Waals surface area (Å²) in [7, 11) is 0. The molecule has 0 radical (unpaired) electrons. The monoisotopic (exact) mass is 428 g/mol. The molecule has 4 rings (SSSR count). The minimum Gasteiger partial charge on any atom is -0.326 e. The lowest BCUT2D eigenvalue weighted by Gasteiger charge is -2.30. The molecule has 2 nitrogen and oxygen atoms in total. The number of nitrogens with two attached hydrogens (primary N) is 1. The average Bonchev–Trinajstić information content (AvgIpc) is 2.80. The Balaban J connectivity index is 1.60. The van der Waals surface area contributed by atoms with Gasteiger partial charge in [0.1, 0.15) is 0 Å². The van der Waals surface area contributed by atoms with Gasteiger partial charge in [0.25, 0.3) is 0 Å². The van der Waals surface area contributed by atoms with Gasteiger partial charge in [-0.1, -0.05) is 103 Å². The highest BCUT2D eigenvalue weighted by molar-refractivity contribution is 6.31. The molecule has 0 aromatic heterocycles. The summed E-state index contributed by atoms with van der Waals surface area (Å²) in [6.45, 7) is 2.22. The molecule has 0 aliphatic heterocycles. The van der Waals surface area contributed by atoms with Crippen molar-refractivity contribution in [1.82, 2.24) is 5.32 Å². The lowest BCUT2D eigenvalue weighted by Crippen LogP contribution is -2.48. The summed E-state index contributed by atoms with van der Waals surface area (Å²) in [5.41, 5.74) is 10.4. The van der Waals surface area contributed by atoms with E-state index in [4.69, 9.17) is 17.3 Å². The van der Waals surface area contributed by atoms with Crippen LogP contribution in [-0.4, -0.2) is 12.1 Å². The van der Waals surface area contributed by atoms with Crippen molar-refractivity contribution in [3.05, 3.63) is 119 Å². The van der Waals surface area contributed by atoms with Crippen LogP contribution in [0.25, 0.3) is 10.8 Å². The Bertz CT molecular complexity index is 1120. The maximum Gasteiger partial charge on any atom is 0.0438 e. The third kappa shape index (κ3) is 5.34. The van der Waals surface area contributed by atoms with Crippen LogP contribution in [0.2, 0.25) is 5.02 Å². The fourth-order valence-electron chi connectivity index (χ4n) is 4.30. The van der Waals surface area contributed by atoms with Gasteiger partial charge in [0, 0.05) is 23.1 Å². The molecule has 0 heterocycles. The predicted octanol–water partition coefficient (Wildman–Crippen LogP) is 6.33. The van der Waals surface area contributed by atoms with Crippen molar-refractivity contribution in [2.24, 2.45) is 5.73 Å². The van der Waals surface area contributed by atoms with Gasteiger partial charge in [-0.2, -0.15) is 0 Å². The fraction of sp³-hybridized carbons (Fsp3) is 0.214. The molecule has 3 N–H and O–H groups in total. The van der Waals surface area contributed by atoms with Crippen molar-refractivity contribution >= 4 is 22.4 Å². The van der Waals surface area contributed by atoms with E-state index < -0.39 is 0 Å². The highest BCUT2D eigenvalue weighted by Gasteiger charge is 2.23. The maximum atomic E-state index is 6.78. The second-order valence-corrected chi connectivity index (χ2v) is 8.62. The van der Waals surface area contributed by atoms with Gasteiger partial charge < -0.3 is 11.1 Å². The van der Waals surface area contributed by atoms with Crippen LogP contribution in [0, 0.1) is 0 Å². The van der Waals surface area contributed by atoms with E-state index in [-0.39, 0.29) is 18.1 Å². The molecular formula is C28H29ClN2. The largest absolute Gasteiger partial charge is 0.326 e. The van der Waals surface area contributed by atoms with Crippen molar-refractivity contribution in [3.8, 4) is 0 Å². The quantitative estimate of drug-likeness (QED) is 0.344. The molecule has 0 saturated carbocycles. The van der Waals surface area contributed by atoms with Gasteiger partial charge in [0.05, 0.1) is 0 Å². The third-order valence-corrected chi connectivity index (χ3v) is 6.35. The van der Waals surface area contributed by atoms with Crippen LogP contribution in [0.4, 0.5) is 0 Å². The van der Waals surface area contributed by atoms with Crippen LogP contribution in [0.15, 0.2) is 97.1 Å².